The molecule has 5 heteroatoms. The van der Waals surface area contributed by atoms with E-state index in [0.29, 0.717) is 17.2 Å². The third-order valence-corrected chi connectivity index (χ3v) is 5.22. The van der Waals surface area contributed by atoms with Crippen LogP contribution in [0.15, 0.2) is 67.0 Å². The molecule has 1 saturated carbocycles. The summed E-state index contributed by atoms with van der Waals surface area (Å²) in [6.07, 6.45) is 8.51. The highest BCUT2D eigenvalue weighted by Gasteiger charge is 2.16. The average Bonchev–Trinajstić information content (AvgIpc) is 3.03. The van der Waals surface area contributed by atoms with Crippen molar-refractivity contribution >= 4 is 5.91 Å². The zero-order valence-electron chi connectivity index (χ0n) is 16.4. The summed E-state index contributed by atoms with van der Waals surface area (Å²) >= 11 is 0. The van der Waals surface area contributed by atoms with E-state index in [-0.39, 0.29) is 11.9 Å². The predicted molar refractivity (Wildman–Crippen MR) is 113 cm³/mol. The van der Waals surface area contributed by atoms with Crippen molar-refractivity contribution in [3.05, 3.63) is 72.6 Å². The highest BCUT2D eigenvalue weighted by atomic mass is 16.5. The van der Waals surface area contributed by atoms with Crippen LogP contribution in [0.4, 0.5) is 0 Å². The van der Waals surface area contributed by atoms with Crippen LogP contribution in [0.5, 0.6) is 11.6 Å². The van der Waals surface area contributed by atoms with Crippen LogP contribution in [0.1, 0.15) is 48.9 Å². The molecule has 5 nitrogen and oxygen atoms in total. The first-order chi connectivity index (χ1) is 14.3. The Bertz CT molecular complexity index is 951. The van der Waals surface area contributed by atoms with Crippen molar-refractivity contribution in [2.24, 2.45) is 0 Å². The maximum absolute atomic E-state index is 12.7. The fourth-order valence-corrected chi connectivity index (χ4v) is 3.68. The number of benzene rings is 2. The Balaban J connectivity index is 1.46. The second-order valence-corrected chi connectivity index (χ2v) is 7.40. The zero-order valence-corrected chi connectivity index (χ0v) is 16.4. The quantitative estimate of drug-likeness (QED) is 0.596. The van der Waals surface area contributed by atoms with E-state index < -0.39 is 0 Å². The van der Waals surface area contributed by atoms with Gasteiger partial charge < -0.3 is 10.1 Å². The van der Waals surface area contributed by atoms with Crippen molar-refractivity contribution in [2.75, 3.05) is 0 Å². The fourth-order valence-electron chi connectivity index (χ4n) is 3.68. The number of ether oxygens (including phenoxy) is 1. The molecular formula is C24H25N3O2. The van der Waals surface area contributed by atoms with Crippen LogP contribution in [0, 0.1) is 0 Å². The third kappa shape index (κ3) is 5.19. The first-order valence-electron chi connectivity index (χ1n) is 10.2. The minimum absolute atomic E-state index is 0.0463. The number of hydrogen-bond acceptors (Lipinski definition) is 4. The van der Waals surface area contributed by atoms with Gasteiger partial charge in [0, 0.05) is 23.2 Å². The molecule has 0 radical (unpaired) electrons. The van der Waals surface area contributed by atoms with Gasteiger partial charge in [-0.3, -0.25) is 4.79 Å². The van der Waals surface area contributed by atoms with Gasteiger partial charge in [0.1, 0.15) is 12.1 Å². The molecule has 1 fully saturated rings. The molecule has 29 heavy (non-hydrogen) atoms. The number of nitrogens with zero attached hydrogens (tertiary/aromatic N) is 2. The zero-order chi connectivity index (χ0) is 19.9. The molecule has 1 aliphatic rings. The monoisotopic (exact) mass is 387 g/mol. The van der Waals surface area contributed by atoms with Crippen LogP contribution in [-0.4, -0.2) is 21.9 Å². The molecule has 0 bridgehead atoms. The fraction of sp³-hybridized carbons (Fsp3) is 0.292. The Morgan fingerprint density at radius 3 is 2.48 bits per heavy atom. The maximum Gasteiger partial charge on any atom is 0.251 e. The van der Waals surface area contributed by atoms with Crippen LogP contribution in [0.2, 0.25) is 0 Å². The summed E-state index contributed by atoms with van der Waals surface area (Å²) in [5, 5.41) is 3.18. The number of amides is 1. The molecule has 148 valence electrons. The van der Waals surface area contributed by atoms with Crippen LogP contribution in [0.25, 0.3) is 11.3 Å². The lowest BCUT2D eigenvalue weighted by Crippen LogP contribution is -2.34. The molecule has 1 aliphatic carbocycles. The number of carbonyl (C=O) groups is 1. The molecule has 0 unspecified atom stereocenters. The standard InChI is InChI=1S/C24H25N3O2/c28-24(27-20-12-6-1-2-7-13-20)19-11-8-14-21(15-19)29-23-16-22(25-17-26-23)18-9-4-3-5-10-18/h3-5,8-11,14-17,20H,1-2,6-7,12-13H2,(H,27,28). The van der Waals surface area contributed by atoms with Crippen LogP contribution >= 0.6 is 0 Å². The SMILES string of the molecule is O=C(NC1CCCCCC1)c1cccc(Oc2cc(-c3ccccc3)ncn2)c1. The van der Waals surface area contributed by atoms with Gasteiger partial charge in [-0.05, 0) is 31.0 Å². The summed E-state index contributed by atoms with van der Waals surface area (Å²) in [5.41, 5.74) is 2.39. The van der Waals surface area contributed by atoms with Gasteiger partial charge in [-0.25, -0.2) is 9.97 Å². The van der Waals surface area contributed by atoms with E-state index in [0.717, 1.165) is 24.1 Å². The van der Waals surface area contributed by atoms with Crippen molar-refractivity contribution in [1.82, 2.24) is 15.3 Å². The highest BCUT2D eigenvalue weighted by molar-refractivity contribution is 5.94. The third-order valence-electron chi connectivity index (χ3n) is 5.22. The van der Waals surface area contributed by atoms with Crippen LogP contribution in [0.3, 0.4) is 0 Å². The Kier molecular flexibility index (Phi) is 6.15. The molecule has 1 amide bonds. The van der Waals surface area contributed by atoms with Gasteiger partial charge in [-0.2, -0.15) is 0 Å². The predicted octanol–water partition coefficient (Wildman–Crippen LogP) is 5.39. The van der Waals surface area contributed by atoms with Gasteiger partial charge in [0.2, 0.25) is 5.88 Å². The normalized spacial score (nSPS) is 14.8. The Hall–Kier alpha value is -3.21. The van der Waals surface area contributed by atoms with E-state index in [1.165, 1.54) is 32.0 Å². The van der Waals surface area contributed by atoms with Gasteiger partial charge in [0.25, 0.3) is 5.91 Å². The van der Waals surface area contributed by atoms with E-state index in [1.807, 2.05) is 48.5 Å². The van der Waals surface area contributed by atoms with Crippen molar-refractivity contribution in [3.63, 3.8) is 0 Å². The summed E-state index contributed by atoms with van der Waals surface area (Å²) in [5.74, 6) is 0.978. The summed E-state index contributed by atoms with van der Waals surface area (Å²) in [6, 6.07) is 19.2. The topological polar surface area (TPSA) is 64.1 Å². The second kappa shape index (κ2) is 9.32. The molecule has 3 aromatic rings. The minimum atomic E-state index is -0.0463. The second-order valence-electron chi connectivity index (χ2n) is 7.40. The van der Waals surface area contributed by atoms with Gasteiger partial charge in [-0.15, -0.1) is 0 Å². The van der Waals surface area contributed by atoms with E-state index in [4.69, 9.17) is 4.74 Å². The number of rotatable bonds is 5. The Labute approximate surface area is 171 Å². The van der Waals surface area contributed by atoms with Crippen LogP contribution < -0.4 is 10.1 Å². The molecule has 0 spiro atoms. The lowest BCUT2D eigenvalue weighted by atomic mass is 10.1. The average molecular weight is 387 g/mol. The molecule has 0 aliphatic heterocycles. The van der Waals surface area contributed by atoms with Gasteiger partial charge in [0.05, 0.1) is 5.69 Å². The molecule has 1 N–H and O–H groups in total. The van der Waals surface area contributed by atoms with Crippen molar-refractivity contribution in [3.8, 4) is 22.9 Å². The molecule has 0 atom stereocenters. The van der Waals surface area contributed by atoms with E-state index in [9.17, 15) is 4.79 Å². The van der Waals surface area contributed by atoms with E-state index >= 15 is 0 Å². The summed E-state index contributed by atoms with van der Waals surface area (Å²) in [4.78, 5) is 21.2. The first-order valence-corrected chi connectivity index (χ1v) is 10.2. The first kappa shape index (κ1) is 19.1. The lowest BCUT2D eigenvalue weighted by molar-refractivity contribution is 0.0933. The van der Waals surface area contributed by atoms with Crippen LogP contribution in [-0.2, 0) is 0 Å². The molecule has 4 rings (SSSR count). The number of hydrogen-bond donors (Lipinski definition) is 1. The van der Waals surface area contributed by atoms with Crippen molar-refractivity contribution < 1.29 is 9.53 Å². The van der Waals surface area contributed by atoms with Crippen molar-refractivity contribution in [1.29, 1.82) is 0 Å². The molecule has 1 aromatic heterocycles. The number of aromatic nitrogens is 2. The molecule has 2 aromatic carbocycles. The molecule has 0 saturated heterocycles. The van der Waals surface area contributed by atoms with Gasteiger partial charge >= 0.3 is 0 Å². The van der Waals surface area contributed by atoms with E-state index in [2.05, 4.69) is 15.3 Å². The summed E-state index contributed by atoms with van der Waals surface area (Å²) in [6.45, 7) is 0. The lowest BCUT2D eigenvalue weighted by Gasteiger charge is -2.16. The van der Waals surface area contributed by atoms with Gasteiger partial charge in [0.15, 0.2) is 0 Å². The number of nitrogens with one attached hydrogen (secondary N) is 1. The highest BCUT2D eigenvalue weighted by Crippen LogP contribution is 2.24. The largest absolute Gasteiger partial charge is 0.439 e. The van der Waals surface area contributed by atoms with Crippen molar-refractivity contribution in [2.45, 2.75) is 44.6 Å². The minimum Gasteiger partial charge on any atom is -0.439 e. The molecule has 1 heterocycles. The molecular weight excluding hydrogens is 362 g/mol. The Morgan fingerprint density at radius 2 is 1.69 bits per heavy atom. The maximum atomic E-state index is 12.7. The Morgan fingerprint density at radius 1 is 0.897 bits per heavy atom. The summed E-state index contributed by atoms with van der Waals surface area (Å²) in [7, 11) is 0. The van der Waals surface area contributed by atoms with Gasteiger partial charge in [-0.1, -0.05) is 62.1 Å². The number of carbonyl (C=O) groups excluding carboxylic acids is 1. The summed E-state index contributed by atoms with van der Waals surface area (Å²) < 4.78 is 5.91. The van der Waals surface area contributed by atoms with E-state index in [1.54, 1.807) is 12.1 Å². The smallest absolute Gasteiger partial charge is 0.251 e.